The summed E-state index contributed by atoms with van der Waals surface area (Å²) in [5.41, 5.74) is 2.79. The highest BCUT2D eigenvalue weighted by Gasteiger charge is 2.24. The molecule has 0 unspecified atom stereocenters. The van der Waals surface area contributed by atoms with Gasteiger partial charge in [-0.25, -0.2) is 22.4 Å². The first-order valence-electron chi connectivity index (χ1n) is 13.4. The molecule has 0 saturated heterocycles. The maximum Gasteiger partial charge on any atom is 0.303 e. The number of carbonyl (C=O) groups is 1. The molecule has 0 atom stereocenters. The third kappa shape index (κ3) is 9.43. The van der Waals surface area contributed by atoms with Crippen molar-refractivity contribution >= 4 is 75.8 Å². The van der Waals surface area contributed by atoms with Gasteiger partial charge in [-0.15, -0.1) is 37.2 Å². The van der Waals surface area contributed by atoms with E-state index in [1.165, 1.54) is 10.3 Å². The van der Waals surface area contributed by atoms with E-state index in [9.17, 15) is 13.2 Å². The van der Waals surface area contributed by atoms with Gasteiger partial charge in [0.05, 0.1) is 17.4 Å². The molecule has 0 radical (unpaired) electrons. The highest BCUT2D eigenvalue weighted by Crippen LogP contribution is 2.33. The maximum absolute atomic E-state index is 13.6. The molecule has 0 aliphatic carbocycles. The molecule has 4 rings (SSSR count). The predicted molar refractivity (Wildman–Crippen MR) is 180 cm³/mol. The normalized spacial score (nSPS) is 10.9. The van der Waals surface area contributed by atoms with Gasteiger partial charge in [-0.1, -0.05) is 18.2 Å². The zero-order chi connectivity index (χ0) is 29.4. The standard InChI is InChI=1S/C29H36N6O5S.3ClH/c1-30-15-7-9-21-19-35(41(38,39)24-10-5-4-6-11-24)29-27(21)28(31-20-32-29)33-23-13-14-25(40-3)22(17-23)18-34(2)16-8-12-26(36)37;;;/h4-6,10-11,13-14,17,19-20,30H,7-9,12,15-16,18H2,1-3H3,(H,36,37)(H,31,32,33);3*1H. The van der Waals surface area contributed by atoms with Gasteiger partial charge in [0.2, 0.25) is 0 Å². The molecule has 0 amide bonds. The number of fused-ring (bicyclic) bond motifs is 1. The smallest absolute Gasteiger partial charge is 0.303 e. The molecule has 15 heteroatoms. The van der Waals surface area contributed by atoms with Gasteiger partial charge in [-0.05, 0) is 82.3 Å². The number of aryl methyl sites for hydroxylation is 1. The number of ether oxygens (including phenoxy) is 1. The second-order valence-electron chi connectivity index (χ2n) is 9.78. The van der Waals surface area contributed by atoms with Crippen molar-refractivity contribution in [2.24, 2.45) is 0 Å². The Morgan fingerprint density at radius 1 is 1.05 bits per heavy atom. The number of hydrogen-bond acceptors (Lipinski definition) is 9. The molecule has 0 aliphatic rings. The lowest BCUT2D eigenvalue weighted by Gasteiger charge is -2.19. The Morgan fingerprint density at radius 2 is 1.77 bits per heavy atom. The average molecular weight is 690 g/mol. The Labute approximate surface area is 276 Å². The number of halogens is 3. The topological polar surface area (TPSA) is 139 Å². The zero-order valence-electron chi connectivity index (χ0n) is 24.7. The molecule has 242 valence electrons. The number of aromatic nitrogens is 3. The van der Waals surface area contributed by atoms with Gasteiger partial charge in [-0.2, -0.15) is 0 Å². The number of benzene rings is 2. The van der Waals surface area contributed by atoms with Crippen LogP contribution in [0.4, 0.5) is 11.5 Å². The largest absolute Gasteiger partial charge is 0.496 e. The van der Waals surface area contributed by atoms with E-state index < -0.39 is 16.0 Å². The first-order valence-corrected chi connectivity index (χ1v) is 14.8. The lowest BCUT2D eigenvalue weighted by atomic mass is 10.1. The third-order valence-corrected chi connectivity index (χ3v) is 8.38. The molecule has 44 heavy (non-hydrogen) atoms. The van der Waals surface area contributed by atoms with Crippen molar-refractivity contribution in [1.82, 2.24) is 24.2 Å². The van der Waals surface area contributed by atoms with Gasteiger partial charge in [0.25, 0.3) is 10.0 Å². The number of nitrogens with zero attached hydrogens (tertiary/aromatic N) is 4. The van der Waals surface area contributed by atoms with E-state index in [-0.39, 0.29) is 48.5 Å². The molecule has 0 spiro atoms. The summed E-state index contributed by atoms with van der Waals surface area (Å²) in [5.74, 6) is 0.401. The molecule has 0 aliphatic heterocycles. The number of carboxylic acid groups (broad SMARTS) is 1. The minimum absolute atomic E-state index is 0. The van der Waals surface area contributed by atoms with Gasteiger partial charge in [0, 0.05) is 30.4 Å². The molecule has 4 aromatic rings. The van der Waals surface area contributed by atoms with Crippen molar-refractivity contribution in [2.45, 2.75) is 37.1 Å². The molecule has 2 aromatic carbocycles. The predicted octanol–water partition coefficient (Wildman–Crippen LogP) is 5.13. The van der Waals surface area contributed by atoms with Crippen LogP contribution in [0.1, 0.15) is 30.4 Å². The average Bonchev–Trinajstić information content (AvgIpc) is 3.34. The van der Waals surface area contributed by atoms with Crippen LogP contribution >= 0.6 is 37.2 Å². The highest BCUT2D eigenvalue weighted by atomic mass is 35.5. The quantitative estimate of drug-likeness (QED) is 0.144. The summed E-state index contributed by atoms with van der Waals surface area (Å²) in [5, 5.41) is 16.1. The highest BCUT2D eigenvalue weighted by molar-refractivity contribution is 7.90. The van der Waals surface area contributed by atoms with Crippen molar-refractivity contribution in [1.29, 1.82) is 0 Å². The Bertz CT molecular complexity index is 1610. The Balaban J connectivity index is 0.00000323. The molecular weight excluding hydrogens is 651 g/mol. The van der Waals surface area contributed by atoms with Gasteiger partial charge >= 0.3 is 5.97 Å². The minimum atomic E-state index is -3.88. The van der Waals surface area contributed by atoms with E-state index in [0.717, 1.165) is 29.8 Å². The fourth-order valence-electron chi connectivity index (χ4n) is 4.72. The third-order valence-electron chi connectivity index (χ3n) is 6.72. The van der Waals surface area contributed by atoms with Crippen LogP contribution in [0.15, 0.2) is 66.0 Å². The number of carboxylic acids is 1. The van der Waals surface area contributed by atoms with Crippen LogP contribution in [0.25, 0.3) is 11.0 Å². The van der Waals surface area contributed by atoms with Crippen molar-refractivity contribution in [2.75, 3.05) is 39.6 Å². The molecule has 0 fully saturated rings. The molecule has 0 saturated carbocycles. The van der Waals surface area contributed by atoms with Crippen LogP contribution in [0.5, 0.6) is 5.75 Å². The first kappa shape index (κ1) is 38.9. The van der Waals surface area contributed by atoms with E-state index >= 15 is 0 Å². The van der Waals surface area contributed by atoms with Crippen LogP contribution in [0, 0.1) is 0 Å². The van der Waals surface area contributed by atoms with E-state index in [4.69, 9.17) is 9.84 Å². The summed E-state index contributed by atoms with van der Waals surface area (Å²) in [7, 11) is 1.54. The second-order valence-corrected chi connectivity index (χ2v) is 11.6. The van der Waals surface area contributed by atoms with Gasteiger partial charge in [0.1, 0.15) is 17.9 Å². The number of rotatable bonds is 15. The van der Waals surface area contributed by atoms with Crippen LogP contribution in [-0.4, -0.2) is 72.6 Å². The molecular formula is C29H39Cl3N6O5S. The van der Waals surface area contributed by atoms with Crippen LogP contribution in [-0.2, 0) is 27.8 Å². The van der Waals surface area contributed by atoms with E-state index in [1.54, 1.807) is 43.6 Å². The van der Waals surface area contributed by atoms with Crippen molar-refractivity contribution in [3.8, 4) is 5.75 Å². The summed E-state index contributed by atoms with van der Waals surface area (Å²) < 4.78 is 34.0. The monoisotopic (exact) mass is 688 g/mol. The number of nitrogens with one attached hydrogen (secondary N) is 2. The Kier molecular flexibility index (Phi) is 15.9. The lowest BCUT2D eigenvalue weighted by molar-refractivity contribution is -0.137. The van der Waals surface area contributed by atoms with Gasteiger partial charge in [0.15, 0.2) is 5.65 Å². The van der Waals surface area contributed by atoms with Crippen molar-refractivity contribution in [3.05, 3.63) is 72.2 Å². The SMILES string of the molecule is CNCCCc1cn(S(=O)(=O)c2ccccc2)c2ncnc(Nc3ccc(OC)c(CN(C)CCCC(=O)O)c3)c12.Cl.Cl.Cl. The van der Waals surface area contributed by atoms with Crippen LogP contribution < -0.4 is 15.4 Å². The molecule has 2 heterocycles. The molecule has 3 N–H and O–H groups in total. The van der Waals surface area contributed by atoms with E-state index in [0.29, 0.717) is 48.5 Å². The number of aliphatic carboxylic acids is 1. The first-order chi connectivity index (χ1) is 19.7. The Morgan fingerprint density at radius 3 is 2.43 bits per heavy atom. The second kappa shape index (κ2) is 18.0. The van der Waals surface area contributed by atoms with E-state index in [2.05, 4.69) is 20.6 Å². The number of hydrogen-bond donors (Lipinski definition) is 3. The number of anilines is 2. The summed E-state index contributed by atoms with van der Waals surface area (Å²) in [4.78, 5) is 22.0. The molecule has 0 bridgehead atoms. The van der Waals surface area contributed by atoms with Crippen molar-refractivity contribution in [3.63, 3.8) is 0 Å². The van der Waals surface area contributed by atoms with Crippen LogP contribution in [0.2, 0.25) is 0 Å². The van der Waals surface area contributed by atoms with Crippen LogP contribution in [0.3, 0.4) is 0 Å². The zero-order valence-corrected chi connectivity index (χ0v) is 28.0. The fraction of sp³-hybridized carbons (Fsp3) is 0.345. The summed E-state index contributed by atoms with van der Waals surface area (Å²) >= 11 is 0. The molecule has 11 nitrogen and oxygen atoms in total. The molecule has 2 aromatic heterocycles. The Hall–Kier alpha value is -3.13. The number of methoxy groups -OCH3 is 1. The maximum atomic E-state index is 13.6. The lowest BCUT2D eigenvalue weighted by Crippen LogP contribution is -2.20. The van der Waals surface area contributed by atoms with E-state index in [1.807, 2.05) is 37.2 Å². The van der Waals surface area contributed by atoms with Gasteiger partial charge < -0.3 is 25.4 Å². The minimum Gasteiger partial charge on any atom is -0.496 e. The van der Waals surface area contributed by atoms with Crippen molar-refractivity contribution < 1.29 is 23.1 Å². The summed E-state index contributed by atoms with van der Waals surface area (Å²) in [6, 6.07) is 14.0. The summed E-state index contributed by atoms with van der Waals surface area (Å²) in [6.45, 7) is 1.95. The fourth-order valence-corrected chi connectivity index (χ4v) is 6.08. The van der Waals surface area contributed by atoms with Gasteiger partial charge in [-0.3, -0.25) is 4.79 Å². The summed E-state index contributed by atoms with van der Waals surface area (Å²) in [6.07, 6.45) is 5.10.